The van der Waals surface area contributed by atoms with Gasteiger partial charge in [0.15, 0.2) is 0 Å². The second kappa shape index (κ2) is 12.9. The van der Waals surface area contributed by atoms with E-state index in [1.807, 2.05) is 67.1 Å². The minimum absolute atomic E-state index is 0.115. The van der Waals surface area contributed by atoms with Crippen molar-refractivity contribution in [1.82, 2.24) is 19.9 Å². The van der Waals surface area contributed by atoms with Crippen LogP contribution >= 0.6 is 0 Å². The summed E-state index contributed by atoms with van der Waals surface area (Å²) < 4.78 is 0. The van der Waals surface area contributed by atoms with Crippen LogP contribution in [0.1, 0.15) is 23.6 Å². The molecular formula is C35H34N6O2. The van der Waals surface area contributed by atoms with Crippen LogP contribution < -0.4 is 10.2 Å². The molecule has 3 aromatic carbocycles. The predicted octanol–water partition coefficient (Wildman–Crippen LogP) is 5.33. The van der Waals surface area contributed by atoms with E-state index in [0.717, 1.165) is 77.5 Å². The first-order valence-corrected chi connectivity index (χ1v) is 14.6. The van der Waals surface area contributed by atoms with Gasteiger partial charge in [0.1, 0.15) is 11.6 Å². The predicted molar refractivity (Wildman–Crippen MR) is 170 cm³/mol. The number of carbonyl (C=O) groups is 2. The van der Waals surface area contributed by atoms with Crippen LogP contribution in [0.25, 0.3) is 22.2 Å². The molecule has 0 atom stereocenters. The molecule has 0 saturated carbocycles. The van der Waals surface area contributed by atoms with Crippen LogP contribution in [0.5, 0.6) is 0 Å². The zero-order valence-electron chi connectivity index (χ0n) is 24.2. The lowest BCUT2D eigenvalue weighted by Gasteiger charge is -2.35. The van der Waals surface area contributed by atoms with E-state index >= 15 is 0 Å². The molecule has 8 heteroatoms. The first-order chi connectivity index (χ1) is 21.0. The van der Waals surface area contributed by atoms with Gasteiger partial charge < -0.3 is 10.2 Å². The number of hydrogen-bond acceptors (Lipinski definition) is 7. The number of benzene rings is 3. The Kier molecular flexibility index (Phi) is 8.47. The number of anilines is 2. The number of aromatic nitrogens is 3. The van der Waals surface area contributed by atoms with E-state index in [0.29, 0.717) is 12.8 Å². The molecule has 0 aliphatic carbocycles. The Morgan fingerprint density at radius 3 is 2.14 bits per heavy atom. The average Bonchev–Trinajstić information content (AvgIpc) is 3.02. The number of carbonyl (C=O) groups excluding carboxylic acids is 2. The molecule has 43 heavy (non-hydrogen) atoms. The van der Waals surface area contributed by atoms with E-state index in [1.165, 1.54) is 12.5 Å². The molecule has 1 amide bonds. The third kappa shape index (κ3) is 7.28. The van der Waals surface area contributed by atoms with E-state index in [2.05, 4.69) is 50.4 Å². The van der Waals surface area contributed by atoms with Gasteiger partial charge in [0.05, 0.1) is 17.2 Å². The number of nitrogens with zero attached hydrogens (tertiary/aromatic N) is 5. The SMILES string of the molecule is CC(=O)Nc1ccc(CC(=O)Cc2ccc(-c3ccc4ncc(N5CCN(Cc6cccnc6)CC5)nc4c3)cc2)cc1. The lowest BCUT2D eigenvalue weighted by Crippen LogP contribution is -2.46. The van der Waals surface area contributed by atoms with Crippen molar-refractivity contribution >= 4 is 34.2 Å². The van der Waals surface area contributed by atoms with Crippen LogP contribution in [0.15, 0.2) is 97.5 Å². The highest BCUT2D eigenvalue weighted by Gasteiger charge is 2.19. The van der Waals surface area contributed by atoms with Crippen LogP contribution in [-0.2, 0) is 29.0 Å². The number of ketones is 1. The fourth-order valence-corrected chi connectivity index (χ4v) is 5.46. The van der Waals surface area contributed by atoms with E-state index in [1.54, 1.807) is 0 Å². The summed E-state index contributed by atoms with van der Waals surface area (Å²) in [7, 11) is 0. The number of pyridine rings is 1. The Bertz CT molecular complexity index is 1710. The number of fused-ring (bicyclic) bond motifs is 1. The number of rotatable bonds is 9. The largest absolute Gasteiger partial charge is 0.353 e. The smallest absolute Gasteiger partial charge is 0.221 e. The summed E-state index contributed by atoms with van der Waals surface area (Å²) in [6, 6.07) is 25.8. The molecule has 0 unspecified atom stereocenters. The molecule has 1 N–H and O–H groups in total. The number of Topliss-reactive ketones (excluding diaryl/α,β-unsaturated/α-hetero) is 1. The fraction of sp³-hybridized carbons (Fsp3) is 0.229. The summed E-state index contributed by atoms with van der Waals surface area (Å²) in [5.41, 5.74) is 7.76. The topological polar surface area (TPSA) is 91.3 Å². The highest BCUT2D eigenvalue weighted by Crippen LogP contribution is 2.25. The molecular weight excluding hydrogens is 536 g/mol. The molecule has 1 fully saturated rings. The summed E-state index contributed by atoms with van der Waals surface area (Å²) >= 11 is 0. The number of amides is 1. The maximum Gasteiger partial charge on any atom is 0.221 e. The number of nitrogens with one attached hydrogen (secondary N) is 1. The van der Waals surface area contributed by atoms with Crippen molar-refractivity contribution in [2.45, 2.75) is 26.3 Å². The third-order valence-electron chi connectivity index (χ3n) is 7.72. The monoisotopic (exact) mass is 570 g/mol. The van der Waals surface area contributed by atoms with E-state index in [4.69, 9.17) is 9.97 Å². The molecule has 1 aliphatic rings. The van der Waals surface area contributed by atoms with Gasteiger partial charge in [-0.25, -0.2) is 4.98 Å². The van der Waals surface area contributed by atoms with Crippen molar-refractivity contribution in [1.29, 1.82) is 0 Å². The molecule has 1 aliphatic heterocycles. The highest BCUT2D eigenvalue weighted by molar-refractivity contribution is 5.89. The zero-order chi connectivity index (χ0) is 29.6. The van der Waals surface area contributed by atoms with Crippen LogP contribution in [0.4, 0.5) is 11.5 Å². The first kappa shape index (κ1) is 28.2. The molecule has 8 nitrogen and oxygen atoms in total. The van der Waals surface area contributed by atoms with Crippen LogP contribution in [0.3, 0.4) is 0 Å². The van der Waals surface area contributed by atoms with E-state index < -0.39 is 0 Å². The molecule has 0 radical (unpaired) electrons. The molecule has 6 rings (SSSR count). The van der Waals surface area contributed by atoms with Crippen molar-refractivity contribution in [3.8, 4) is 11.1 Å². The summed E-state index contributed by atoms with van der Waals surface area (Å²) in [5.74, 6) is 0.937. The number of hydrogen-bond donors (Lipinski definition) is 1. The maximum absolute atomic E-state index is 12.7. The number of piperazine rings is 1. The van der Waals surface area contributed by atoms with Gasteiger partial charge in [-0.05, 0) is 58.1 Å². The summed E-state index contributed by atoms with van der Waals surface area (Å²) in [5, 5.41) is 2.74. The van der Waals surface area contributed by atoms with Gasteiger partial charge in [-0.15, -0.1) is 0 Å². The van der Waals surface area contributed by atoms with E-state index in [-0.39, 0.29) is 11.7 Å². The van der Waals surface area contributed by atoms with E-state index in [9.17, 15) is 9.59 Å². The molecule has 5 aromatic rings. The maximum atomic E-state index is 12.7. The second-order valence-corrected chi connectivity index (χ2v) is 11.0. The van der Waals surface area contributed by atoms with Crippen LogP contribution in [0, 0.1) is 0 Å². The van der Waals surface area contributed by atoms with Crippen molar-refractivity contribution in [3.63, 3.8) is 0 Å². The average molecular weight is 571 g/mol. The van der Waals surface area contributed by atoms with Crippen molar-refractivity contribution in [2.75, 3.05) is 36.4 Å². The summed E-state index contributed by atoms with van der Waals surface area (Å²) in [6.45, 7) is 6.13. The normalized spacial score (nSPS) is 13.7. The third-order valence-corrected chi connectivity index (χ3v) is 7.72. The molecule has 0 bridgehead atoms. The Morgan fingerprint density at radius 2 is 1.47 bits per heavy atom. The quantitative estimate of drug-likeness (QED) is 0.256. The minimum Gasteiger partial charge on any atom is -0.353 e. The molecule has 2 aromatic heterocycles. The van der Waals surface area contributed by atoms with Gasteiger partial charge in [0, 0.05) is 70.6 Å². The molecule has 0 spiro atoms. The van der Waals surface area contributed by atoms with Crippen molar-refractivity contribution in [3.05, 3.63) is 114 Å². The Morgan fingerprint density at radius 1 is 0.767 bits per heavy atom. The lowest BCUT2D eigenvalue weighted by molar-refractivity contribution is -0.118. The second-order valence-electron chi connectivity index (χ2n) is 11.0. The molecule has 3 heterocycles. The van der Waals surface area contributed by atoms with Crippen molar-refractivity contribution in [2.24, 2.45) is 0 Å². The van der Waals surface area contributed by atoms with Crippen molar-refractivity contribution < 1.29 is 9.59 Å². The standard InChI is InChI=1S/C35H34N6O2/c1-25(42)38-31-11-6-27(7-12-31)20-32(43)19-26-4-8-29(9-5-26)30-10-13-33-34(21-30)39-35(23-37-33)41-17-15-40(16-18-41)24-28-3-2-14-36-22-28/h2-14,21-23H,15-20,24H2,1H3,(H,38,42). The van der Waals surface area contributed by atoms with Crippen LogP contribution in [-0.4, -0.2) is 57.7 Å². The summed E-state index contributed by atoms with van der Waals surface area (Å²) in [4.78, 5) is 42.6. The minimum atomic E-state index is -0.115. The Hall–Kier alpha value is -4.95. The summed E-state index contributed by atoms with van der Waals surface area (Å²) in [6.07, 6.45) is 6.35. The van der Waals surface area contributed by atoms with Gasteiger partial charge >= 0.3 is 0 Å². The lowest BCUT2D eigenvalue weighted by atomic mass is 9.99. The van der Waals surface area contributed by atoms with Gasteiger partial charge in [0.25, 0.3) is 0 Å². The van der Waals surface area contributed by atoms with Gasteiger partial charge in [0.2, 0.25) is 5.91 Å². The first-order valence-electron chi connectivity index (χ1n) is 14.6. The fourth-order valence-electron chi connectivity index (χ4n) is 5.46. The van der Waals surface area contributed by atoms with Gasteiger partial charge in [-0.3, -0.25) is 24.5 Å². The van der Waals surface area contributed by atoms with Gasteiger partial charge in [-0.1, -0.05) is 48.5 Å². The Labute approximate surface area is 251 Å². The zero-order valence-corrected chi connectivity index (χ0v) is 24.2. The van der Waals surface area contributed by atoms with Crippen LogP contribution in [0.2, 0.25) is 0 Å². The van der Waals surface area contributed by atoms with Gasteiger partial charge in [-0.2, -0.15) is 0 Å². The Balaban J connectivity index is 1.07. The molecule has 216 valence electrons. The molecule has 1 saturated heterocycles. The highest BCUT2D eigenvalue weighted by atomic mass is 16.1.